The minimum atomic E-state index is 0.870. The first-order chi connectivity index (χ1) is 8.24. The van der Waals surface area contributed by atoms with Gasteiger partial charge in [0.2, 0.25) is 0 Å². The number of anilines is 2. The fraction of sp³-hybridized carbons (Fsp3) is 0.600. The number of nitrogen functional groups attached to an aromatic ring is 1. The highest BCUT2D eigenvalue weighted by Crippen LogP contribution is 2.16. The van der Waals surface area contributed by atoms with Gasteiger partial charge in [0.05, 0.1) is 0 Å². The van der Waals surface area contributed by atoms with Gasteiger partial charge in [0.1, 0.15) is 0 Å². The van der Waals surface area contributed by atoms with Crippen LogP contribution in [-0.2, 0) is 0 Å². The molecule has 0 saturated carbocycles. The predicted octanol–water partition coefficient (Wildman–Crippen LogP) is 4.35. The quantitative estimate of drug-likeness (QED) is 0.518. The Balaban J connectivity index is 2.11. The van der Waals surface area contributed by atoms with Gasteiger partial charge in [-0.25, -0.2) is 0 Å². The molecule has 0 spiro atoms. The summed E-state index contributed by atoms with van der Waals surface area (Å²) in [6.45, 7) is 5.37. The minimum Gasteiger partial charge on any atom is -0.399 e. The molecule has 0 bridgehead atoms. The monoisotopic (exact) mass is 234 g/mol. The van der Waals surface area contributed by atoms with Gasteiger partial charge in [0.25, 0.3) is 0 Å². The van der Waals surface area contributed by atoms with Gasteiger partial charge in [-0.15, -0.1) is 0 Å². The Morgan fingerprint density at radius 2 is 1.76 bits per heavy atom. The van der Waals surface area contributed by atoms with Crippen LogP contribution in [0.1, 0.15) is 51.0 Å². The van der Waals surface area contributed by atoms with Crippen LogP contribution in [0.5, 0.6) is 0 Å². The number of rotatable bonds is 8. The molecule has 0 aliphatic carbocycles. The molecule has 2 heteroatoms. The Morgan fingerprint density at radius 1 is 1.06 bits per heavy atom. The Hall–Kier alpha value is -1.18. The van der Waals surface area contributed by atoms with Gasteiger partial charge in [-0.05, 0) is 37.1 Å². The van der Waals surface area contributed by atoms with Gasteiger partial charge in [0, 0.05) is 17.9 Å². The lowest BCUT2D eigenvalue weighted by Gasteiger charge is -2.08. The Kier molecular flexibility index (Phi) is 6.53. The smallest absolute Gasteiger partial charge is 0.0345 e. The van der Waals surface area contributed by atoms with Crippen molar-refractivity contribution in [1.82, 2.24) is 0 Å². The third-order valence-electron chi connectivity index (χ3n) is 3.13. The molecule has 1 rings (SSSR count). The third kappa shape index (κ3) is 5.62. The predicted molar refractivity (Wildman–Crippen MR) is 77.5 cm³/mol. The molecule has 0 aromatic heterocycles. The van der Waals surface area contributed by atoms with Gasteiger partial charge < -0.3 is 11.1 Å². The van der Waals surface area contributed by atoms with Crippen LogP contribution in [0.3, 0.4) is 0 Å². The highest BCUT2D eigenvalue weighted by Gasteiger charge is 1.96. The van der Waals surface area contributed by atoms with Crippen LogP contribution in [0.2, 0.25) is 0 Å². The first-order valence-corrected chi connectivity index (χ1v) is 6.84. The van der Waals surface area contributed by atoms with Crippen molar-refractivity contribution < 1.29 is 0 Å². The summed E-state index contributed by atoms with van der Waals surface area (Å²) in [5, 5.41) is 3.45. The van der Waals surface area contributed by atoms with Crippen molar-refractivity contribution in [3.63, 3.8) is 0 Å². The maximum Gasteiger partial charge on any atom is 0.0345 e. The molecule has 0 aliphatic heterocycles. The van der Waals surface area contributed by atoms with E-state index in [4.69, 9.17) is 5.73 Å². The zero-order chi connectivity index (χ0) is 12.5. The average Bonchev–Trinajstić information content (AvgIpc) is 2.32. The van der Waals surface area contributed by atoms with Gasteiger partial charge in [-0.2, -0.15) is 0 Å². The SMILES string of the molecule is CCCCCCCCNc1ccc(N)c(C)c1. The Labute approximate surface area is 106 Å². The summed E-state index contributed by atoms with van der Waals surface area (Å²) in [6.07, 6.45) is 8.05. The van der Waals surface area contributed by atoms with Crippen molar-refractivity contribution in [1.29, 1.82) is 0 Å². The van der Waals surface area contributed by atoms with E-state index in [1.807, 2.05) is 13.0 Å². The van der Waals surface area contributed by atoms with E-state index < -0.39 is 0 Å². The van der Waals surface area contributed by atoms with Gasteiger partial charge in [0.15, 0.2) is 0 Å². The van der Waals surface area contributed by atoms with Crippen molar-refractivity contribution in [3.05, 3.63) is 23.8 Å². The summed E-state index contributed by atoms with van der Waals surface area (Å²) in [5.41, 5.74) is 8.99. The zero-order valence-corrected chi connectivity index (χ0v) is 11.3. The normalized spacial score (nSPS) is 10.5. The molecule has 0 radical (unpaired) electrons. The fourth-order valence-electron chi connectivity index (χ4n) is 1.92. The summed E-state index contributed by atoms with van der Waals surface area (Å²) < 4.78 is 0. The van der Waals surface area contributed by atoms with E-state index in [-0.39, 0.29) is 0 Å². The van der Waals surface area contributed by atoms with Crippen molar-refractivity contribution in [2.24, 2.45) is 0 Å². The molecule has 0 fully saturated rings. The molecule has 0 amide bonds. The van der Waals surface area contributed by atoms with E-state index in [2.05, 4.69) is 24.4 Å². The van der Waals surface area contributed by atoms with E-state index in [0.717, 1.165) is 17.8 Å². The standard InChI is InChI=1S/C15H26N2/c1-3-4-5-6-7-8-11-17-14-9-10-15(16)13(2)12-14/h9-10,12,17H,3-8,11,16H2,1-2H3. The molecule has 0 aliphatic rings. The number of aryl methyl sites for hydroxylation is 1. The van der Waals surface area contributed by atoms with E-state index in [0.29, 0.717) is 0 Å². The number of nitrogens with two attached hydrogens (primary N) is 1. The van der Waals surface area contributed by atoms with Crippen LogP contribution in [-0.4, -0.2) is 6.54 Å². The zero-order valence-electron chi connectivity index (χ0n) is 11.3. The Bertz CT molecular complexity index is 321. The average molecular weight is 234 g/mol. The third-order valence-corrected chi connectivity index (χ3v) is 3.13. The van der Waals surface area contributed by atoms with Crippen LogP contribution in [0.15, 0.2) is 18.2 Å². The summed E-state index contributed by atoms with van der Waals surface area (Å²) in [4.78, 5) is 0. The van der Waals surface area contributed by atoms with Crippen LogP contribution in [0.4, 0.5) is 11.4 Å². The molecule has 0 unspecified atom stereocenters. The van der Waals surface area contributed by atoms with E-state index in [9.17, 15) is 0 Å². The molecule has 1 aromatic carbocycles. The van der Waals surface area contributed by atoms with Crippen molar-refractivity contribution >= 4 is 11.4 Å². The topological polar surface area (TPSA) is 38.0 Å². The Morgan fingerprint density at radius 3 is 2.47 bits per heavy atom. The molecule has 0 heterocycles. The van der Waals surface area contributed by atoms with Gasteiger partial charge >= 0.3 is 0 Å². The maximum absolute atomic E-state index is 5.78. The van der Waals surface area contributed by atoms with Crippen LogP contribution in [0.25, 0.3) is 0 Å². The van der Waals surface area contributed by atoms with E-state index in [1.54, 1.807) is 0 Å². The second kappa shape index (κ2) is 7.99. The summed E-state index contributed by atoms with van der Waals surface area (Å²) in [6, 6.07) is 6.14. The summed E-state index contributed by atoms with van der Waals surface area (Å²) in [7, 11) is 0. The number of nitrogens with one attached hydrogen (secondary N) is 1. The lowest BCUT2D eigenvalue weighted by atomic mass is 10.1. The lowest BCUT2D eigenvalue weighted by Crippen LogP contribution is -2.02. The first kappa shape index (κ1) is 13.9. The van der Waals surface area contributed by atoms with Crippen LogP contribution in [0, 0.1) is 6.92 Å². The van der Waals surface area contributed by atoms with Gasteiger partial charge in [-0.1, -0.05) is 39.0 Å². The molecule has 2 nitrogen and oxygen atoms in total. The second-order valence-corrected chi connectivity index (χ2v) is 4.77. The number of hydrogen-bond acceptors (Lipinski definition) is 2. The lowest BCUT2D eigenvalue weighted by molar-refractivity contribution is 0.617. The summed E-state index contributed by atoms with van der Waals surface area (Å²) in [5.74, 6) is 0. The first-order valence-electron chi connectivity index (χ1n) is 6.84. The molecule has 1 aromatic rings. The molecular formula is C15H26N2. The number of hydrogen-bond donors (Lipinski definition) is 2. The minimum absolute atomic E-state index is 0.870. The van der Waals surface area contributed by atoms with E-state index in [1.165, 1.54) is 44.2 Å². The van der Waals surface area contributed by atoms with Crippen LogP contribution >= 0.6 is 0 Å². The number of unbranched alkanes of at least 4 members (excludes halogenated alkanes) is 5. The molecule has 0 atom stereocenters. The van der Waals surface area contributed by atoms with Gasteiger partial charge in [-0.3, -0.25) is 0 Å². The maximum atomic E-state index is 5.78. The highest BCUT2D eigenvalue weighted by atomic mass is 14.9. The molecule has 96 valence electrons. The second-order valence-electron chi connectivity index (χ2n) is 4.77. The highest BCUT2D eigenvalue weighted by molar-refractivity contribution is 5.56. The molecular weight excluding hydrogens is 208 g/mol. The van der Waals surface area contributed by atoms with Crippen molar-refractivity contribution in [3.8, 4) is 0 Å². The molecule has 17 heavy (non-hydrogen) atoms. The van der Waals surface area contributed by atoms with Crippen molar-refractivity contribution in [2.45, 2.75) is 52.4 Å². The molecule has 0 saturated heterocycles. The summed E-state index contributed by atoms with van der Waals surface area (Å²) >= 11 is 0. The fourth-order valence-corrected chi connectivity index (χ4v) is 1.92. The largest absolute Gasteiger partial charge is 0.399 e. The number of benzene rings is 1. The van der Waals surface area contributed by atoms with E-state index >= 15 is 0 Å². The molecule has 3 N–H and O–H groups in total. The van der Waals surface area contributed by atoms with Crippen LogP contribution < -0.4 is 11.1 Å². The van der Waals surface area contributed by atoms with Crippen molar-refractivity contribution in [2.75, 3.05) is 17.6 Å².